The van der Waals surface area contributed by atoms with Gasteiger partial charge in [-0.3, -0.25) is 9.59 Å². The van der Waals surface area contributed by atoms with Gasteiger partial charge < -0.3 is 0 Å². The van der Waals surface area contributed by atoms with Crippen LogP contribution in [0.1, 0.15) is 51.9 Å². The lowest BCUT2D eigenvalue weighted by molar-refractivity contribution is -0.131. The largest absolute Gasteiger partial charge is 0.299 e. The summed E-state index contributed by atoms with van der Waals surface area (Å²) >= 11 is 3.23. The van der Waals surface area contributed by atoms with Crippen molar-refractivity contribution in [1.82, 2.24) is 0 Å². The Morgan fingerprint density at radius 3 is 2.83 bits per heavy atom. The lowest BCUT2D eigenvalue weighted by atomic mass is 9.47. The summed E-state index contributed by atoms with van der Waals surface area (Å²) in [6.45, 7) is 2.21. The van der Waals surface area contributed by atoms with E-state index in [4.69, 9.17) is 0 Å². The second-order valence-electron chi connectivity index (χ2n) is 8.23. The van der Waals surface area contributed by atoms with E-state index < -0.39 is 0 Å². The molecule has 0 N–H and O–H groups in total. The van der Waals surface area contributed by atoms with Gasteiger partial charge in [-0.1, -0.05) is 24.5 Å². The smallest absolute Gasteiger partial charge is 0.178 e. The number of Topliss-reactive ketones (excluding diaryl/α,β-unsaturated/α-hetero) is 1. The Hall–Kier alpha value is -1.14. The van der Waals surface area contributed by atoms with Crippen molar-refractivity contribution in [3.8, 4) is 10.8 Å². The zero-order valence-corrected chi connectivity index (χ0v) is 15.7. The molecular weight excluding hydrogens is 364 g/mol. The molecule has 0 amide bonds. The summed E-state index contributed by atoms with van der Waals surface area (Å²) in [7, 11) is 0. The number of carbonyl (C=O) groups excluding carboxylic acids is 2. The van der Waals surface area contributed by atoms with Crippen molar-refractivity contribution in [2.24, 2.45) is 28.6 Å². The van der Waals surface area contributed by atoms with Gasteiger partial charge in [-0.15, -0.1) is 0 Å². The zero-order valence-electron chi connectivity index (χ0n) is 14.1. The van der Waals surface area contributed by atoms with Crippen LogP contribution in [0.5, 0.6) is 0 Å². The van der Waals surface area contributed by atoms with Crippen LogP contribution in [0.25, 0.3) is 0 Å². The molecule has 0 aromatic carbocycles. The second kappa shape index (κ2) is 5.70. The summed E-state index contributed by atoms with van der Waals surface area (Å²) in [5.41, 5.74) is 1.09. The van der Waals surface area contributed by atoms with Crippen LogP contribution in [0.2, 0.25) is 0 Å². The van der Waals surface area contributed by atoms with Gasteiger partial charge in [0.15, 0.2) is 5.78 Å². The molecule has 0 bridgehead atoms. The fraction of sp³-hybridized carbons (Fsp3) is 0.619. The van der Waals surface area contributed by atoms with Gasteiger partial charge in [0.2, 0.25) is 0 Å². The summed E-state index contributed by atoms with van der Waals surface area (Å²) in [4.78, 5) is 27.3. The Bertz CT molecular complexity index is 722. The summed E-state index contributed by atoms with van der Waals surface area (Å²) in [5, 5.41) is 0. The van der Waals surface area contributed by atoms with Gasteiger partial charge in [-0.05, 0) is 66.8 Å². The molecule has 3 heteroatoms. The molecule has 0 heterocycles. The van der Waals surface area contributed by atoms with Gasteiger partial charge in [0.25, 0.3) is 0 Å². The molecule has 0 radical (unpaired) electrons. The molecule has 4 rings (SSSR count). The number of carbonyl (C=O) groups is 2. The van der Waals surface area contributed by atoms with Crippen molar-refractivity contribution >= 4 is 27.5 Å². The fourth-order valence-electron chi connectivity index (χ4n) is 6.26. The van der Waals surface area contributed by atoms with E-state index >= 15 is 0 Å². The van der Waals surface area contributed by atoms with Crippen molar-refractivity contribution in [2.45, 2.75) is 51.9 Å². The summed E-state index contributed by atoms with van der Waals surface area (Å²) < 4.78 is 0. The van der Waals surface area contributed by atoms with Crippen LogP contribution in [0.4, 0.5) is 0 Å². The predicted octanol–water partition coefficient (Wildman–Crippen LogP) is 4.59. The Morgan fingerprint density at radius 2 is 2.04 bits per heavy atom. The minimum atomic E-state index is -0.0983. The molecule has 5 atom stereocenters. The van der Waals surface area contributed by atoms with Crippen LogP contribution in [0.3, 0.4) is 0 Å². The van der Waals surface area contributed by atoms with Crippen molar-refractivity contribution in [2.75, 3.05) is 0 Å². The first-order valence-corrected chi connectivity index (χ1v) is 9.86. The molecule has 126 valence electrons. The number of ketones is 2. The number of halogens is 1. The Labute approximate surface area is 152 Å². The van der Waals surface area contributed by atoms with Crippen molar-refractivity contribution < 1.29 is 9.59 Å². The maximum atomic E-state index is 12.5. The number of rotatable bonds is 1. The predicted molar refractivity (Wildman–Crippen MR) is 97.3 cm³/mol. The third kappa shape index (κ3) is 2.15. The number of fused-ring (bicyclic) bond motifs is 5. The molecule has 24 heavy (non-hydrogen) atoms. The molecular formula is C21H23BrO2. The van der Waals surface area contributed by atoms with Crippen LogP contribution in [-0.2, 0) is 9.59 Å². The first-order chi connectivity index (χ1) is 11.5. The molecule has 3 saturated carbocycles. The highest BCUT2D eigenvalue weighted by molar-refractivity contribution is 9.12. The maximum absolute atomic E-state index is 12.5. The molecule has 4 aliphatic rings. The van der Waals surface area contributed by atoms with E-state index in [1.807, 2.05) is 6.08 Å². The Morgan fingerprint density at radius 1 is 1.21 bits per heavy atom. The minimum Gasteiger partial charge on any atom is -0.299 e. The van der Waals surface area contributed by atoms with Crippen LogP contribution < -0.4 is 0 Å². The first-order valence-electron chi connectivity index (χ1n) is 9.07. The summed E-state index contributed by atoms with van der Waals surface area (Å²) in [6, 6.07) is 0. The highest BCUT2D eigenvalue weighted by Gasteiger charge is 2.59. The number of allylic oxidation sites excluding steroid dienone is 4. The van der Waals surface area contributed by atoms with Gasteiger partial charge in [0.05, 0.1) is 0 Å². The number of hydrogen-bond donors (Lipinski definition) is 0. The quantitative estimate of drug-likeness (QED) is 0.617. The molecule has 0 aromatic heterocycles. The average Bonchev–Trinajstić information content (AvgIpc) is 2.88. The van der Waals surface area contributed by atoms with Crippen molar-refractivity contribution in [1.29, 1.82) is 0 Å². The van der Waals surface area contributed by atoms with Gasteiger partial charge in [0, 0.05) is 39.6 Å². The SMILES string of the molecule is C[C@]12CC[C@H]3[C@@H](CCC4=CC(=O)C=C[C@@]43CC#CBr)[C@@H]1CCC2=O. The monoisotopic (exact) mass is 386 g/mol. The molecule has 0 unspecified atom stereocenters. The topological polar surface area (TPSA) is 34.1 Å². The maximum Gasteiger partial charge on any atom is 0.178 e. The van der Waals surface area contributed by atoms with Crippen LogP contribution >= 0.6 is 15.9 Å². The van der Waals surface area contributed by atoms with Crippen LogP contribution in [-0.4, -0.2) is 11.6 Å². The Balaban J connectivity index is 1.75. The molecule has 0 saturated heterocycles. The highest BCUT2D eigenvalue weighted by Crippen LogP contribution is 2.64. The zero-order chi connectivity index (χ0) is 16.9. The van der Waals surface area contributed by atoms with Gasteiger partial charge in [0.1, 0.15) is 5.78 Å². The minimum absolute atomic E-state index is 0.0927. The van der Waals surface area contributed by atoms with E-state index in [1.54, 1.807) is 6.08 Å². The molecule has 0 spiro atoms. The van der Waals surface area contributed by atoms with Gasteiger partial charge >= 0.3 is 0 Å². The molecule has 2 nitrogen and oxygen atoms in total. The molecule has 0 aromatic rings. The van der Waals surface area contributed by atoms with Crippen LogP contribution in [0.15, 0.2) is 23.8 Å². The summed E-state index contributed by atoms with van der Waals surface area (Å²) in [6.07, 6.45) is 12.5. The third-order valence-electron chi connectivity index (χ3n) is 7.46. The first kappa shape index (κ1) is 16.3. The molecule has 0 aliphatic heterocycles. The standard InChI is InChI=1S/C21H23BrO2/c1-20-10-8-18-16(17(20)5-6-19(20)24)4-3-14-13-15(23)7-11-21(14,18)9-2-12-22/h7,11,13,16-18H,3-6,8-10H2,1H3/t16-,17-,18-,20-,21-/m0/s1. The van der Waals surface area contributed by atoms with Gasteiger partial charge in [-0.2, -0.15) is 0 Å². The molecule has 4 aliphatic carbocycles. The van der Waals surface area contributed by atoms with E-state index in [0.29, 0.717) is 23.5 Å². The van der Waals surface area contributed by atoms with Crippen LogP contribution in [0, 0.1) is 39.3 Å². The van der Waals surface area contributed by atoms with E-state index in [-0.39, 0.29) is 16.6 Å². The molecule has 3 fully saturated rings. The highest BCUT2D eigenvalue weighted by atomic mass is 79.9. The van der Waals surface area contributed by atoms with E-state index in [0.717, 1.165) is 44.9 Å². The third-order valence-corrected chi connectivity index (χ3v) is 7.74. The number of hydrogen-bond acceptors (Lipinski definition) is 2. The van der Waals surface area contributed by atoms with Crippen molar-refractivity contribution in [3.63, 3.8) is 0 Å². The fourth-order valence-corrected chi connectivity index (χ4v) is 6.40. The van der Waals surface area contributed by atoms with E-state index in [2.05, 4.69) is 39.7 Å². The van der Waals surface area contributed by atoms with Gasteiger partial charge in [-0.25, -0.2) is 0 Å². The summed E-state index contributed by atoms with van der Waals surface area (Å²) in [5.74, 6) is 5.44. The second-order valence-corrected chi connectivity index (χ2v) is 8.62. The van der Waals surface area contributed by atoms with E-state index in [1.165, 1.54) is 5.57 Å². The van der Waals surface area contributed by atoms with Crippen molar-refractivity contribution in [3.05, 3.63) is 23.8 Å². The van der Waals surface area contributed by atoms with E-state index in [9.17, 15) is 9.59 Å². The Kier molecular flexibility index (Phi) is 3.88. The average molecular weight is 387 g/mol. The normalized spacial score (nSPS) is 43.2. The lowest BCUT2D eigenvalue weighted by Crippen LogP contribution is -2.50. The lowest BCUT2D eigenvalue weighted by Gasteiger charge is -2.56.